The number of hydrogen-bond donors (Lipinski definition) is 2. The van der Waals surface area contributed by atoms with Gasteiger partial charge in [-0.05, 0) is 50.7 Å². The van der Waals surface area contributed by atoms with Crippen LogP contribution in [0.4, 0.5) is 0 Å². The summed E-state index contributed by atoms with van der Waals surface area (Å²) < 4.78 is 106. The molecule has 1 aromatic carbocycles. The van der Waals surface area contributed by atoms with Crippen molar-refractivity contribution in [3.63, 3.8) is 0 Å². The monoisotopic (exact) mass is 305 g/mol. The molecule has 0 bridgehead atoms. The summed E-state index contributed by atoms with van der Waals surface area (Å²) in [5, 5.41) is -0.287. The van der Waals surface area contributed by atoms with Crippen molar-refractivity contribution in [2.45, 2.75) is 12.1 Å². The number of rotatable bonds is 6. The molecule has 1 aromatic heterocycles. The normalized spacial score (nSPS) is 21.8. The van der Waals surface area contributed by atoms with Gasteiger partial charge in [-0.1, -0.05) is 6.04 Å². The quantitative estimate of drug-likeness (QED) is 0.846. The number of fused-ring (bicyclic) bond motifs is 1. The molecule has 110 valence electrons. The van der Waals surface area contributed by atoms with E-state index in [1.165, 1.54) is 7.05 Å². The highest BCUT2D eigenvalue weighted by Gasteiger charge is 2.11. The van der Waals surface area contributed by atoms with Gasteiger partial charge in [0, 0.05) is 33.2 Å². The van der Waals surface area contributed by atoms with Crippen molar-refractivity contribution < 1.29 is 22.1 Å². The molecule has 0 saturated carbocycles. The molecule has 0 atom stereocenters. The number of aromatic nitrogens is 1. The maximum Gasteiger partial charge on any atom is 0.215 e. The van der Waals surface area contributed by atoms with E-state index in [-0.39, 0.29) is 16.5 Å². The SMILES string of the molecule is [2H]c1c(C([2H])([2H])S(=O)(=O)NC)c([2H])c2c(C([2H])([2H])CN(C)C([2H])([2H])[2H])c[nH]c2c1[2H]. The Kier molecular flexibility index (Phi) is 1.96. The summed E-state index contributed by atoms with van der Waals surface area (Å²) >= 11 is 0. The molecule has 2 aromatic rings. The highest BCUT2D eigenvalue weighted by atomic mass is 32.2. The van der Waals surface area contributed by atoms with Crippen LogP contribution in [0.3, 0.4) is 0 Å². The van der Waals surface area contributed by atoms with Crippen LogP contribution in [0, 0.1) is 0 Å². The standard InChI is InChI=1S/C14H21N3O2S/c1-15-20(18,19)10-11-4-5-14-13(8-11)12(9-16-14)6-7-17(2)3/h4-5,8-9,15-16H,6-7,10H2,1-3H3/i2D3,4D,5D,6D2,8D,10D2. The lowest BCUT2D eigenvalue weighted by molar-refractivity contribution is 0.414. The zero-order valence-corrected chi connectivity index (χ0v) is 11.8. The van der Waals surface area contributed by atoms with Crippen molar-refractivity contribution in [2.24, 2.45) is 0 Å². The van der Waals surface area contributed by atoms with E-state index in [0.29, 0.717) is 0 Å². The van der Waals surface area contributed by atoms with Gasteiger partial charge in [-0.2, -0.15) is 0 Å². The van der Waals surface area contributed by atoms with Gasteiger partial charge < -0.3 is 9.88 Å². The number of likely N-dealkylation sites (N-methyl/N-ethyl adjacent to an activating group) is 1. The van der Waals surface area contributed by atoms with E-state index in [4.69, 9.17) is 13.7 Å². The van der Waals surface area contributed by atoms with Crippen LogP contribution < -0.4 is 4.72 Å². The van der Waals surface area contributed by atoms with Crippen LogP contribution in [0.1, 0.15) is 24.8 Å². The van der Waals surface area contributed by atoms with E-state index < -0.39 is 59.3 Å². The predicted octanol–water partition coefficient (Wildman–Crippen LogP) is 1.32. The topological polar surface area (TPSA) is 65.2 Å². The maximum atomic E-state index is 12.2. The molecular weight excluding hydrogens is 274 g/mol. The van der Waals surface area contributed by atoms with Crippen molar-refractivity contribution in [2.75, 3.05) is 27.6 Å². The highest BCUT2D eigenvalue weighted by molar-refractivity contribution is 7.88. The third kappa shape index (κ3) is 3.59. The lowest BCUT2D eigenvalue weighted by Crippen LogP contribution is -2.20. The average Bonchev–Trinajstić information content (AvgIpc) is 3.05. The molecule has 0 fully saturated rings. The molecule has 6 heteroatoms. The molecule has 0 amide bonds. The van der Waals surface area contributed by atoms with Crippen LogP contribution in [0.15, 0.2) is 24.3 Å². The minimum atomic E-state index is -4.68. The van der Waals surface area contributed by atoms with E-state index in [1.807, 2.05) is 0 Å². The van der Waals surface area contributed by atoms with Crippen molar-refractivity contribution in [1.29, 1.82) is 0 Å². The van der Waals surface area contributed by atoms with Crippen LogP contribution in [-0.4, -0.2) is 45.9 Å². The van der Waals surface area contributed by atoms with Crippen molar-refractivity contribution in [3.8, 4) is 0 Å². The Morgan fingerprint density at radius 3 is 3.05 bits per heavy atom. The lowest BCUT2D eigenvalue weighted by atomic mass is 10.1. The fourth-order valence-corrected chi connectivity index (χ4v) is 1.99. The van der Waals surface area contributed by atoms with E-state index in [0.717, 1.165) is 18.1 Å². The van der Waals surface area contributed by atoms with Crippen molar-refractivity contribution >= 4 is 20.9 Å². The third-order valence-corrected chi connectivity index (χ3v) is 3.46. The molecule has 20 heavy (non-hydrogen) atoms. The van der Waals surface area contributed by atoms with E-state index in [9.17, 15) is 8.42 Å². The van der Waals surface area contributed by atoms with Gasteiger partial charge in [-0.15, -0.1) is 0 Å². The van der Waals surface area contributed by atoms with Gasteiger partial charge in [0.2, 0.25) is 10.0 Å². The van der Waals surface area contributed by atoms with Gasteiger partial charge in [-0.3, -0.25) is 0 Å². The van der Waals surface area contributed by atoms with Crippen LogP contribution in [-0.2, 0) is 22.1 Å². The first-order chi connectivity index (χ1) is 13.4. The molecule has 0 spiro atoms. The summed E-state index contributed by atoms with van der Waals surface area (Å²) in [7, 11) is -2.53. The Morgan fingerprint density at radius 1 is 1.55 bits per heavy atom. The summed E-state index contributed by atoms with van der Waals surface area (Å²) in [6, 6.07) is -2.21. The fraction of sp³-hybridized carbons (Fsp3) is 0.429. The number of sulfonamides is 1. The minimum absolute atomic E-state index is 0.151. The third-order valence-electron chi connectivity index (χ3n) is 2.45. The largest absolute Gasteiger partial charge is 0.361 e. The fourth-order valence-electron chi connectivity index (χ4n) is 1.51. The number of H-pyrrole nitrogens is 1. The molecule has 0 aliphatic rings. The smallest absolute Gasteiger partial charge is 0.215 e. The Balaban J connectivity index is 2.84. The summed E-state index contributed by atoms with van der Waals surface area (Å²) in [6.45, 7) is -3.22. The number of benzene rings is 1. The zero-order valence-electron chi connectivity index (χ0n) is 21.0. The first-order valence-electron chi connectivity index (χ1n) is 10.7. The first-order valence-corrected chi connectivity index (χ1v) is 7.14. The molecule has 0 aliphatic heterocycles. The molecular formula is C14H21N3O2S. The second kappa shape index (κ2) is 5.95. The van der Waals surface area contributed by atoms with Crippen molar-refractivity contribution in [1.82, 2.24) is 14.6 Å². The molecule has 2 N–H and O–H groups in total. The van der Waals surface area contributed by atoms with Gasteiger partial charge in [-0.25, -0.2) is 13.1 Å². The second-order valence-corrected chi connectivity index (χ2v) is 5.66. The van der Waals surface area contributed by atoms with Gasteiger partial charge in [0.25, 0.3) is 0 Å². The Hall–Kier alpha value is -1.37. The van der Waals surface area contributed by atoms with Gasteiger partial charge in [0.1, 0.15) is 0 Å². The molecule has 0 aliphatic carbocycles. The number of hydrogen-bond acceptors (Lipinski definition) is 3. The van der Waals surface area contributed by atoms with Crippen LogP contribution in [0.5, 0.6) is 0 Å². The predicted molar refractivity (Wildman–Crippen MR) is 82.2 cm³/mol. The van der Waals surface area contributed by atoms with E-state index in [2.05, 4.69) is 4.98 Å². The second-order valence-electron chi connectivity index (χ2n) is 4.04. The average molecular weight is 305 g/mol. The molecule has 0 saturated heterocycles. The Labute approximate surface area is 134 Å². The summed E-state index contributed by atoms with van der Waals surface area (Å²) in [4.78, 5) is 3.35. The van der Waals surface area contributed by atoms with Gasteiger partial charge in [0.15, 0.2) is 0 Å². The lowest BCUT2D eigenvalue weighted by Gasteiger charge is -2.08. The molecule has 1 heterocycles. The number of nitrogens with zero attached hydrogens (tertiary/aromatic N) is 1. The molecule has 0 radical (unpaired) electrons. The summed E-state index contributed by atoms with van der Waals surface area (Å²) in [5.41, 5.74) is -4.56. The van der Waals surface area contributed by atoms with Crippen LogP contribution >= 0.6 is 0 Å². The summed E-state index contributed by atoms with van der Waals surface area (Å²) in [6.07, 6.45) is -1.25. The number of nitrogens with one attached hydrogen (secondary N) is 2. The zero-order chi connectivity index (χ0) is 23.4. The van der Waals surface area contributed by atoms with E-state index >= 15 is 0 Å². The Morgan fingerprint density at radius 2 is 2.35 bits per heavy atom. The van der Waals surface area contributed by atoms with E-state index in [1.54, 1.807) is 4.72 Å². The first kappa shape index (κ1) is 6.60. The Bertz CT molecular complexity index is 1080. The molecule has 5 nitrogen and oxygen atoms in total. The number of aromatic amines is 1. The maximum absolute atomic E-state index is 12.2. The minimum Gasteiger partial charge on any atom is -0.361 e. The highest BCUT2D eigenvalue weighted by Crippen LogP contribution is 2.21. The molecule has 0 unspecified atom stereocenters. The molecule has 2 rings (SSSR count). The van der Waals surface area contributed by atoms with Crippen molar-refractivity contribution in [3.05, 3.63) is 35.5 Å². The van der Waals surface area contributed by atoms with Gasteiger partial charge >= 0.3 is 0 Å². The van der Waals surface area contributed by atoms with Crippen LogP contribution in [0.25, 0.3) is 10.9 Å². The van der Waals surface area contributed by atoms with Crippen LogP contribution in [0.2, 0.25) is 0 Å². The van der Waals surface area contributed by atoms with Gasteiger partial charge in [0.05, 0.1) is 9.82 Å². The summed E-state index contributed by atoms with van der Waals surface area (Å²) in [5.74, 6) is 0.